The second-order valence-corrected chi connectivity index (χ2v) is 4.92. The molecule has 3 nitrogen and oxygen atoms in total. The Kier molecular flexibility index (Phi) is 3.85. The van der Waals surface area contributed by atoms with Crippen molar-refractivity contribution in [2.75, 3.05) is 0 Å². The van der Waals surface area contributed by atoms with Gasteiger partial charge in [-0.2, -0.15) is 18.3 Å². The number of aromatic nitrogens is 2. The van der Waals surface area contributed by atoms with Gasteiger partial charge in [0, 0.05) is 12.2 Å². The number of benzene rings is 1. The van der Waals surface area contributed by atoms with Crippen LogP contribution in [-0.4, -0.2) is 9.78 Å². The molecule has 0 aliphatic heterocycles. The quantitative estimate of drug-likeness (QED) is 0.940. The molecule has 1 atom stereocenters. The maximum absolute atomic E-state index is 12.5. The van der Waals surface area contributed by atoms with Crippen LogP contribution in [0.2, 0.25) is 0 Å². The molecule has 0 spiro atoms. The van der Waals surface area contributed by atoms with Gasteiger partial charge in [-0.05, 0) is 25.0 Å². The molecule has 1 heterocycles. The molecule has 1 aromatic carbocycles. The number of alkyl halides is 3. The van der Waals surface area contributed by atoms with Crippen molar-refractivity contribution in [2.24, 2.45) is 5.73 Å². The van der Waals surface area contributed by atoms with Crippen LogP contribution in [0.4, 0.5) is 13.2 Å². The minimum Gasteiger partial charge on any atom is -0.322 e. The van der Waals surface area contributed by atoms with Crippen LogP contribution in [-0.2, 0) is 12.7 Å². The number of halogens is 3. The standard InChI is InChI=1S/C14H16F3N3/c1-9-3-4-10(2)12(5-9)13(18)8-20-7-11(6-19-20)14(15,16)17/h3-7,13H,8,18H2,1-2H3. The van der Waals surface area contributed by atoms with Crippen molar-refractivity contribution in [1.29, 1.82) is 0 Å². The summed E-state index contributed by atoms with van der Waals surface area (Å²) in [7, 11) is 0. The topological polar surface area (TPSA) is 43.8 Å². The summed E-state index contributed by atoms with van der Waals surface area (Å²) in [6.45, 7) is 4.09. The molecule has 2 N–H and O–H groups in total. The minimum absolute atomic E-state index is 0.209. The third-order valence-electron chi connectivity index (χ3n) is 3.18. The zero-order valence-corrected chi connectivity index (χ0v) is 11.3. The molecule has 0 aliphatic rings. The average Bonchev–Trinajstić information content (AvgIpc) is 2.80. The SMILES string of the molecule is Cc1ccc(C)c(C(N)Cn2cc(C(F)(F)F)cn2)c1. The smallest absolute Gasteiger partial charge is 0.322 e. The zero-order chi connectivity index (χ0) is 14.9. The molecule has 20 heavy (non-hydrogen) atoms. The number of nitrogens with zero attached hydrogens (tertiary/aromatic N) is 2. The lowest BCUT2D eigenvalue weighted by atomic mass is 9.99. The first kappa shape index (κ1) is 14.6. The first-order valence-corrected chi connectivity index (χ1v) is 6.20. The maximum Gasteiger partial charge on any atom is 0.419 e. The molecule has 0 bridgehead atoms. The first-order valence-electron chi connectivity index (χ1n) is 6.20. The van der Waals surface area contributed by atoms with Crippen molar-refractivity contribution in [3.8, 4) is 0 Å². The first-order chi connectivity index (χ1) is 9.27. The minimum atomic E-state index is -4.37. The Morgan fingerprint density at radius 2 is 2.00 bits per heavy atom. The van der Waals surface area contributed by atoms with E-state index in [1.165, 1.54) is 4.68 Å². The summed E-state index contributed by atoms with van der Waals surface area (Å²) in [5, 5.41) is 3.72. The number of nitrogens with two attached hydrogens (primary N) is 1. The van der Waals surface area contributed by atoms with Crippen LogP contribution in [0, 0.1) is 13.8 Å². The van der Waals surface area contributed by atoms with Gasteiger partial charge in [-0.3, -0.25) is 4.68 Å². The molecule has 2 rings (SSSR count). The summed E-state index contributed by atoms with van der Waals surface area (Å²) in [4.78, 5) is 0. The van der Waals surface area contributed by atoms with Gasteiger partial charge in [0.2, 0.25) is 0 Å². The molecule has 0 fully saturated rings. The second-order valence-electron chi connectivity index (χ2n) is 4.92. The van der Waals surface area contributed by atoms with Gasteiger partial charge < -0.3 is 5.73 Å². The van der Waals surface area contributed by atoms with E-state index >= 15 is 0 Å². The summed E-state index contributed by atoms with van der Waals surface area (Å²) in [6.07, 6.45) is -2.58. The van der Waals surface area contributed by atoms with Crippen LogP contribution >= 0.6 is 0 Å². The number of hydrogen-bond donors (Lipinski definition) is 1. The molecule has 1 unspecified atom stereocenters. The second kappa shape index (κ2) is 5.28. The van der Waals surface area contributed by atoms with Crippen LogP contribution in [0.1, 0.15) is 28.3 Å². The molecular weight excluding hydrogens is 267 g/mol. The fourth-order valence-corrected chi connectivity index (χ4v) is 2.07. The van der Waals surface area contributed by atoms with Crippen LogP contribution in [0.15, 0.2) is 30.6 Å². The molecule has 0 saturated heterocycles. The summed E-state index contributed by atoms with van der Waals surface area (Å²) in [5.74, 6) is 0. The lowest BCUT2D eigenvalue weighted by Crippen LogP contribution is -2.19. The van der Waals surface area contributed by atoms with Crippen LogP contribution in [0.3, 0.4) is 0 Å². The third-order valence-corrected chi connectivity index (χ3v) is 3.18. The number of rotatable bonds is 3. The molecule has 0 aliphatic carbocycles. The fourth-order valence-electron chi connectivity index (χ4n) is 2.07. The molecule has 108 valence electrons. The highest BCUT2D eigenvalue weighted by Crippen LogP contribution is 2.28. The predicted molar refractivity (Wildman–Crippen MR) is 70.1 cm³/mol. The normalized spacial score (nSPS) is 13.5. The Morgan fingerprint density at radius 3 is 2.60 bits per heavy atom. The van der Waals surface area contributed by atoms with Crippen molar-refractivity contribution in [1.82, 2.24) is 9.78 Å². The van der Waals surface area contributed by atoms with E-state index in [-0.39, 0.29) is 6.54 Å². The highest BCUT2D eigenvalue weighted by molar-refractivity contribution is 5.32. The fraction of sp³-hybridized carbons (Fsp3) is 0.357. The van der Waals surface area contributed by atoms with Gasteiger partial charge in [0.05, 0.1) is 18.3 Å². The Morgan fingerprint density at radius 1 is 1.30 bits per heavy atom. The van der Waals surface area contributed by atoms with E-state index in [2.05, 4.69) is 5.10 Å². The van der Waals surface area contributed by atoms with Crippen molar-refractivity contribution in [3.63, 3.8) is 0 Å². The van der Waals surface area contributed by atoms with Gasteiger partial charge in [0.15, 0.2) is 0 Å². The Hall–Kier alpha value is -1.82. The van der Waals surface area contributed by atoms with Gasteiger partial charge in [0.25, 0.3) is 0 Å². The molecule has 0 radical (unpaired) electrons. The van der Waals surface area contributed by atoms with Gasteiger partial charge in [-0.1, -0.05) is 23.8 Å². The highest BCUT2D eigenvalue weighted by atomic mass is 19.4. The summed E-state index contributed by atoms with van der Waals surface area (Å²) in [6, 6.07) is 5.49. The van der Waals surface area contributed by atoms with E-state index in [1.807, 2.05) is 32.0 Å². The molecule has 2 aromatic rings. The molecular formula is C14H16F3N3. The predicted octanol–water partition coefficient (Wildman–Crippen LogP) is 3.22. The van der Waals surface area contributed by atoms with E-state index in [0.717, 1.165) is 29.1 Å². The Labute approximate surface area is 115 Å². The Balaban J connectivity index is 2.17. The van der Waals surface area contributed by atoms with Gasteiger partial charge >= 0.3 is 6.18 Å². The van der Waals surface area contributed by atoms with Crippen LogP contribution in [0.25, 0.3) is 0 Å². The monoisotopic (exact) mass is 283 g/mol. The third kappa shape index (κ3) is 3.19. The van der Waals surface area contributed by atoms with E-state index in [0.29, 0.717) is 0 Å². The molecule has 0 saturated carbocycles. The van der Waals surface area contributed by atoms with E-state index < -0.39 is 17.8 Å². The van der Waals surface area contributed by atoms with Gasteiger partial charge in [0.1, 0.15) is 0 Å². The molecule has 6 heteroatoms. The van der Waals surface area contributed by atoms with Crippen molar-refractivity contribution in [3.05, 3.63) is 52.8 Å². The van der Waals surface area contributed by atoms with Crippen molar-refractivity contribution < 1.29 is 13.2 Å². The average molecular weight is 283 g/mol. The van der Waals surface area contributed by atoms with Gasteiger partial charge in [-0.15, -0.1) is 0 Å². The van der Waals surface area contributed by atoms with E-state index in [9.17, 15) is 13.2 Å². The number of hydrogen-bond acceptors (Lipinski definition) is 2. The van der Waals surface area contributed by atoms with E-state index in [4.69, 9.17) is 5.73 Å². The molecule has 1 aromatic heterocycles. The number of aryl methyl sites for hydroxylation is 2. The van der Waals surface area contributed by atoms with Crippen LogP contribution in [0.5, 0.6) is 0 Å². The van der Waals surface area contributed by atoms with Crippen LogP contribution < -0.4 is 5.73 Å². The lowest BCUT2D eigenvalue weighted by molar-refractivity contribution is -0.137. The molecule has 0 amide bonds. The lowest BCUT2D eigenvalue weighted by Gasteiger charge is -2.15. The summed E-state index contributed by atoms with van der Waals surface area (Å²) >= 11 is 0. The summed E-state index contributed by atoms with van der Waals surface area (Å²) in [5.41, 5.74) is 8.33. The highest BCUT2D eigenvalue weighted by Gasteiger charge is 2.32. The maximum atomic E-state index is 12.5. The van der Waals surface area contributed by atoms with Crippen molar-refractivity contribution in [2.45, 2.75) is 32.6 Å². The van der Waals surface area contributed by atoms with E-state index in [1.54, 1.807) is 0 Å². The summed E-state index contributed by atoms with van der Waals surface area (Å²) < 4.78 is 38.7. The Bertz CT molecular complexity index is 602. The zero-order valence-electron chi connectivity index (χ0n) is 11.3. The van der Waals surface area contributed by atoms with Gasteiger partial charge in [-0.25, -0.2) is 0 Å². The van der Waals surface area contributed by atoms with Crippen molar-refractivity contribution >= 4 is 0 Å². The largest absolute Gasteiger partial charge is 0.419 e.